The summed E-state index contributed by atoms with van der Waals surface area (Å²) in [6, 6.07) is 4.44. The van der Waals surface area contributed by atoms with Crippen molar-refractivity contribution in [3.63, 3.8) is 0 Å². The largest absolute Gasteiger partial charge is 0.264 e. The maximum atomic E-state index is 4.34. The van der Waals surface area contributed by atoms with E-state index in [0.29, 0.717) is 5.41 Å². The number of aromatic nitrogens is 1. The van der Waals surface area contributed by atoms with Crippen LogP contribution >= 0.6 is 0 Å². The van der Waals surface area contributed by atoms with E-state index in [0.717, 1.165) is 17.8 Å². The van der Waals surface area contributed by atoms with E-state index < -0.39 is 0 Å². The Morgan fingerprint density at radius 3 is 2.12 bits per heavy atom. The first kappa shape index (κ1) is 9.21. The fraction of sp³-hybridized carbons (Fsp3) is 0.667. The van der Waals surface area contributed by atoms with Gasteiger partial charge in [0.05, 0.1) is 0 Å². The van der Waals surface area contributed by atoms with Crippen LogP contribution in [0.1, 0.15) is 44.1 Å². The summed E-state index contributed by atoms with van der Waals surface area (Å²) >= 11 is 0. The average Bonchev–Trinajstić information content (AvgIpc) is 2.28. The Kier molecular flexibility index (Phi) is 1.78. The molecule has 4 bridgehead atoms. The average molecular weight is 213 g/mol. The van der Waals surface area contributed by atoms with E-state index in [-0.39, 0.29) is 0 Å². The number of nitrogens with zero attached hydrogens (tertiary/aromatic N) is 1. The Bertz CT molecular complexity index is 360. The summed E-state index contributed by atoms with van der Waals surface area (Å²) in [7, 11) is 0. The van der Waals surface area contributed by atoms with Crippen LogP contribution in [0.2, 0.25) is 0 Å². The molecule has 5 rings (SSSR count). The highest BCUT2D eigenvalue weighted by molar-refractivity contribution is 5.26. The van der Waals surface area contributed by atoms with Crippen LogP contribution in [-0.4, -0.2) is 4.98 Å². The maximum Gasteiger partial charge on any atom is 0.0305 e. The van der Waals surface area contributed by atoms with E-state index in [1.807, 2.05) is 6.20 Å². The summed E-state index contributed by atoms with van der Waals surface area (Å²) in [5.41, 5.74) is 2.07. The van der Waals surface area contributed by atoms with E-state index in [1.54, 1.807) is 0 Å². The Morgan fingerprint density at radius 2 is 1.62 bits per heavy atom. The zero-order valence-corrected chi connectivity index (χ0v) is 9.73. The number of pyridine rings is 1. The third-order valence-electron chi connectivity index (χ3n) is 5.31. The van der Waals surface area contributed by atoms with Gasteiger partial charge in [-0.1, -0.05) is 6.07 Å². The fourth-order valence-corrected chi connectivity index (χ4v) is 5.14. The van der Waals surface area contributed by atoms with Crippen molar-refractivity contribution in [2.45, 2.75) is 43.9 Å². The molecule has 16 heavy (non-hydrogen) atoms. The van der Waals surface area contributed by atoms with Gasteiger partial charge in [-0.05, 0) is 73.3 Å². The first-order valence-electron chi connectivity index (χ1n) is 6.75. The molecule has 4 saturated carbocycles. The van der Waals surface area contributed by atoms with Gasteiger partial charge in [-0.25, -0.2) is 0 Å². The molecule has 0 N–H and O–H groups in total. The van der Waals surface area contributed by atoms with Crippen molar-refractivity contribution in [2.75, 3.05) is 0 Å². The predicted octanol–water partition coefficient (Wildman–Crippen LogP) is 3.55. The van der Waals surface area contributed by atoms with Gasteiger partial charge in [0, 0.05) is 12.4 Å². The van der Waals surface area contributed by atoms with Gasteiger partial charge in [0.2, 0.25) is 0 Å². The van der Waals surface area contributed by atoms with E-state index in [4.69, 9.17) is 0 Å². The molecule has 0 aliphatic heterocycles. The van der Waals surface area contributed by atoms with Crippen LogP contribution in [-0.2, 0) is 5.41 Å². The van der Waals surface area contributed by atoms with Crippen molar-refractivity contribution in [3.8, 4) is 0 Å². The van der Waals surface area contributed by atoms with Crippen LogP contribution in [0.5, 0.6) is 0 Å². The molecule has 0 radical (unpaired) electrons. The number of rotatable bonds is 1. The molecule has 0 saturated heterocycles. The molecule has 0 aromatic carbocycles. The van der Waals surface area contributed by atoms with E-state index in [1.165, 1.54) is 44.1 Å². The van der Waals surface area contributed by atoms with Crippen LogP contribution in [0.4, 0.5) is 0 Å². The van der Waals surface area contributed by atoms with E-state index in [2.05, 4.69) is 23.3 Å². The Balaban J connectivity index is 1.77. The van der Waals surface area contributed by atoms with Crippen molar-refractivity contribution in [1.29, 1.82) is 0 Å². The lowest BCUT2D eigenvalue weighted by molar-refractivity contribution is -0.00533. The van der Waals surface area contributed by atoms with E-state index >= 15 is 0 Å². The molecular formula is C15H19N. The summed E-state index contributed by atoms with van der Waals surface area (Å²) in [6.45, 7) is 0. The molecule has 4 aliphatic rings. The zero-order chi connectivity index (χ0) is 10.6. The molecule has 4 fully saturated rings. The van der Waals surface area contributed by atoms with Crippen molar-refractivity contribution in [1.82, 2.24) is 4.98 Å². The summed E-state index contributed by atoms with van der Waals surface area (Å²) in [6.07, 6.45) is 13.0. The molecule has 4 aliphatic carbocycles. The van der Waals surface area contributed by atoms with Gasteiger partial charge in [-0.2, -0.15) is 0 Å². The van der Waals surface area contributed by atoms with E-state index in [9.17, 15) is 0 Å². The van der Waals surface area contributed by atoms with Gasteiger partial charge >= 0.3 is 0 Å². The number of hydrogen-bond donors (Lipinski definition) is 0. The lowest BCUT2D eigenvalue weighted by atomic mass is 9.48. The van der Waals surface area contributed by atoms with Crippen molar-refractivity contribution >= 4 is 0 Å². The molecule has 0 amide bonds. The smallest absolute Gasteiger partial charge is 0.0305 e. The van der Waals surface area contributed by atoms with Crippen molar-refractivity contribution < 1.29 is 0 Å². The van der Waals surface area contributed by atoms with Gasteiger partial charge in [-0.15, -0.1) is 0 Å². The normalized spacial score (nSPS) is 44.9. The van der Waals surface area contributed by atoms with Crippen LogP contribution in [0.15, 0.2) is 24.5 Å². The van der Waals surface area contributed by atoms with Crippen LogP contribution in [0, 0.1) is 17.8 Å². The molecule has 0 unspecified atom stereocenters. The first-order chi connectivity index (χ1) is 7.84. The standard InChI is InChI=1S/C15H19N/c1-2-14(10-16-3-1)15-7-11-4-12(8-15)6-13(5-11)9-15/h1-3,10-13H,4-9H2. The minimum Gasteiger partial charge on any atom is -0.264 e. The summed E-state index contributed by atoms with van der Waals surface area (Å²) in [5, 5.41) is 0. The highest BCUT2D eigenvalue weighted by Gasteiger charge is 2.51. The Hall–Kier alpha value is -0.850. The lowest BCUT2D eigenvalue weighted by Crippen LogP contribution is -2.48. The molecule has 1 nitrogen and oxygen atoms in total. The summed E-state index contributed by atoms with van der Waals surface area (Å²) in [4.78, 5) is 4.34. The molecule has 1 aromatic heterocycles. The third kappa shape index (κ3) is 1.20. The maximum absolute atomic E-state index is 4.34. The van der Waals surface area contributed by atoms with Crippen molar-refractivity contribution in [2.24, 2.45) is 17.8 Å². The Morgan fingerprint density at radius 1 is 1.00 bits per heavy atom. The van der Waals surface area contributed by atoms with Crippen LogP contribution < -0.4 is 0 Å². The molecule has 1 heteroatoms. The van der Waals surface area contributed by atoms with Gasteiger partial charge < -0.3 is 0 Å². The van der Waals surface area contributed by atoms with Gasteiger partial charge in [0.25, 0.3) is 0 Å². The third-order valence-corrected chi connectivity index (χ3v) is 5.31. The SMILES string of the molecule is c1cncc(C23CC4CC(CC(C4)C2)C3)c1. The Labute approximate surface area is 97.3 Å². The second-order valence-corrected chi connectivity index (χ2v) is 6.44. The molecular weight excluding hydrogens is 194 g/mol. The fourth-order valence-electron chi connectivity index (χ4n) is 5.14. The molecule has 1 aromatic rings. The highest BCUT2D eigenvalue weighted by Crippen LogP contribution is 2.60. The first-order valence-corrected chi connectivity index (χ1v) is 6.75. The predicted molar refractivity (Wildman–Crippen MR) is 64.1 cm³/mol. The summed E-state index contributed by atoms with van der Waals surface area (Å²) < 4.78 is 0. The van der Waals surface area contributed by atoms with Gasteiger partial charge in [0.1, 0.15) is 0 Å². The number of hydrogen-bond acceptors (Lipinski definition) is 1. The highest BCUT2D eigenvalue weighted by atomic mass is 14.6. The quantitative estimate of drug-likeness (QED) is 0.695. The minimum atomic E-state index is 0.531. The minimum absolute atomic E-state index is 0.531. The molecule has 0 spiro atoms. The second-order valence-electron chi connectivity index (χ2n) is 6.44. The van der Waals surface area contributed by atoms with Crippen LogP contribution in [0.25, 0.3) is 0 Å². The molecule has 0 atom stereocenters. The topological polar surface area (TPSA) is 12.9 Å². The second kappa shape index (κ2) is 3.09. The van der Waals surface area contributed by atoms with Gasteiger partial charge in [0.15, 0.2) is 0 Å². The zero-order valence-electron chi connectivity index (χ0n) is 9.73. The monoisotopic (exact) mass is 213 g/mol. The summed E-state index contributed by atoms with van der Waals surface area (Å²) in [5.74, 6) is 3.10. The molecule has 84 valence electrons. The van der Waals surface area contributed by atoms with Gasteiger partial charge in [-0.3, -0.25) is 4.98 Å². The van der Waals surface area contributed by atoms with Crippen LogP contribution in [0.3, 0.4) is 0 Å². The molecule has 1 heterocycles. The van der Waals surface area contributed by atoms with Crippen molar-refractivity contribution in [3.05, 3.63) is 30.1 Å². The lowest BCUT2D eigenvalue weighted by Gasteiger charge is -2.57.